The number of anilines is 1. The minimum absolute atomic E-state index is 0.0853. The molecule has 0 aliphatic carbocycles. The van der Waals surface area contributed by atoms with Gasteiger partial charge in [-0.05, 0) is 44.5 Å². The quantitative estimate of drug-likeness (QED) is 0.854. The van der Waals surface area contributed by atoms with Gasteiger partial charge in [-0.2, -0.15) is 0 Å². The van der Waals surface area contributed by atoms with Crippen molar-refractivity contribution in [3.8, 4) is 0 Å². The van der Waals surface area contributed by atoms with Crippen LogP contribution in [0.1, 0.15) is 25.8 Å². The normalized spacial score (nSPS) is 11.3. The zero-order valence-corrected chi connectivity index (χ0v) is 10.6. The monoisotopic (exact) mass is 240 g/mol. The van der Waals surface area contributed by atoms with E-state index in [1.54, 1.807) is 12.1 Å². The number of nitrogens with one attached hydrogen (secondary N) is 1. The Hall–Kier alpha value is -1.06. The molecule has 1 aromatic carbocycles. The molecule has 0 aliphatic rings. The van der Waals surface area contributed by atoms with E-state index in [1.165, 1.54) is 0 Å². The molecule has 0 unspecified atom stereocenters. The van der Waals surface area contributed by atoms with Crippen LogP contribution in [0, 0.1) is 6.92 Å². The summed E-state index contributed by atoms with van der Waals surface area (Å²) in [5.74, 6) is -0.0853. The molecule has 4 heteroatoms. The molecule has 0 aromatic heterocycles. The smallest absolute Gasteiger partial charge is 0.226 e. The van der Waals surface area contributed by atoms with Crippen molar-refractivity contribution in [2.24, 2.45) is 5.73 Å². The van der Waals surface area contributed by atoms with Crippen molar-refractivity contribution >= 4 is 23.2 Å². The number of nitrogens with two attached hydrogens (primary N) is 1. The summed E-state index contributed by atoms with van der Waals surface area (Å²) in [5.41, 5.74) is 6.99. The molecular weight excluding hydrogens is 224 g/mol. The van der Waals surface area contributed by atoms with E-state index in [1.807, 2.05) is 26.8 Å². The van der Waals surface area contributed by atoms with Gasteiger partial charge in [-0.3, -0.25) is 4.79 Å². The summed E-state index contributed by atoms with van der Waals surface area (Å²) >= 11 is 5.83. The molecule has 0 heterocycles. The van der Waals surface area contributed by atoms with Crippen molar-refractivity contribution in [3.05, 3.63) is 28.8 Å². The van der Waals surface area contributed by atoms with E-state index in [0.29, 0.717) is 5.02 Å². The molecule has 16 heavy (non-hydrogen) atoms. The van der Waals surface area contributed by atoms with Crippen molar-refractivity contribution in [2.45, 2.75) is 32.7 Å². The lowest BCUT2D eigenvalue weighted by Gasteiger charge is -2.18. The zero-order chi connectivity index (χ0) is 12.3. The molecular formula is C12H17ClN2O. The van der Waals surface area contributed by atoms with Gasteiger partial charge in [0.15, 0.2) is 0 Å². The summed E-state index contributed by atoms with van der Waals surface area (Å²) < 4.78 is 0. The van der Waals surface area contributed by atoms with E-state index in [0.717, 1.165) is 11.3 Å². The van der Waals surface area contributed by atoms with Crippen LogP contribution in [0.25, 0.3) is 0 Å². The molecule has 1 rings (SSSR count). The van der Waals surface area contributed by atoms with Crippen LogP contribution in [0.4, 0.5) is 5.69 Å². The lowest BCUT2D eigenvalue weighted by molar-refractivity contribution is -0.117. The van der Waals surface area contributed by atoms with Crippen LogP contribution in [0.5, 0.6) is 0 Å². The minimum Gasteiger partial charge on any atom is -0.326 e. The third-order valence-electron chi connectivity index (χ3n) is 2.08. The number of benzene rings is 1. The van der Waals surface area contributed by atoms with E-state index in [9.17, 15) is 4.79 Å². The Balaban J connectivity index is 2.70. The lowest BCUT2D eigenvalue weighted by atomic mass is 10.0. The minimum atomic E-state index is -0.496. The van der Waals surface area contributed by atoms with Crippen LogP contribution in [-0.4, -0.2) is 11.4 Å². The third kappa shape index (κ3) is 4.21. The van der Waals surface area contributed by atoms with Gasteiger partial charge < -0.3 is 11.1 Å². The van der Waals surface area contributed by atoms with Crippen molar-refractivity contribution < 1.29 is 4.79 Å². The molecule has 1 aromatic rings. The van der Waals surface area contributed by atoms with Gasteiger partial charge in [0.2, 0.25) is 5.91 Å². The number of carbonyl (C=O) groups excluding carboxylic acids is 1. The fourth-order valence-corrected chi connectivity index (χ4v) is 1.60. The van der Waals surface area contributed by atoms with Crippen LogP contribution >= 0.6 is 11.6 Å². The maximum atomic E-state index is 11.6. The highest BCUT2D eigenvalue weighted by molar-refractivity contribution is 6.30. The Morgan fingerprint density at radius 2 is 2.12 bits per heavy atom. The highest BCUT2D eigenvalue weighted by Crippen LogP contribution is 2.20. The van der Waals surface area contributed by atoms with Crippen LogP contribution < -0.4 is 11.1 Å². The average molecular weight is 241 g/mol. The van der Waals surface area contributed by atoms with E-state index < -0.39 is 5.54 Å². The second-order valence-electron chi connectivity index (χ2n) is 4.67. The van der Waals surface area contributed by atoms with E-state index in [-0.39, 0.29) is 12.3 Å². The summed E-state index contributed by atoms with van der Waals surface area (Å²) in [5, 5.41) is 3.48. The number of carbonyl (C=O) groups is 1. The summed E-state index contributed by atoms with van der Waals surface area (Å²) in [6.45, 7) is 5.54. The van der Waals surface area contributed by atoms with Gasteiger partial charge in [0.1, 0.15) is 0 Å². The summed E-state index contributed by atoms with van der Waals surface area (Å²) in [6, 6.07) is 5.35. The maximum absolute atomic E-state index is 11.6. The van der Waals surface area contributed by atoms with Crippen molar-refractivity contribution in [3.63, 3.8) is 0 Å². The predicted molar refractivity (Wildman–Crippen MR) is 67.7 cm³/mol. The summed E-state index contributed by atoms with van der Waals surface area (Å²) in [7, 11) is 0. The number of halogens is 1. The number of amides is 1. The predicted octanol–water partition coefficient (Wildman–Crippen LogP) is 2.71. The second-order valence-corrected chi connectivity index (χ2v) is 5.11. The fraction of sp³-hybridized carbons (Fsp3) is 0.417. The molecule has 0 radical (unpaired) electrons. The third-order valence-corrected chi connectivity index (χ3v) is 2.31. The van der Waals surface area contributed by atoms with Crippen LogP contribution in [-0.2, 0) is 4.79 Å². The van der Waals surface area contributed by atoms with Gasteiger partial charge >= 0.3 is 0 Å². The highest BCUT2D eigenvalue weighted by Gasteiger charge is 2.16. The molecule has 3 nitrogen and oxygen atoms in total. The maximum Gasteiger partial charge on any atom is 0.226 e. The highest BCUT2D eigenvalue weighted by atomic mass is 35.5. The molecule has 0 fully saturated rings. The average Bonchev–Trinajstić information content (AvgIpc) is 2.06. The Kier molecular flexibility index (Phi) is 3.94. The van der Waals surface area contributed by atoms with Gasteiger partial charge in [0, 0.05) is 22.7 Å². The van der Waals surface area contributed by atoms with Gasteiger partial charge in [-0.25, -0.2) is 0 Å². The largest absolute Gasteiger partial charge is 0.326 e. The van der Waals surface area contributed by atoms with Crippen molar-refractivity contribution in [1.29, 1.82) is 0 Å². The van der Waals surface area contributed by atoms with Crippen LogP contribution in [0.3, 0.4) is 0 Å². The van der Waals surface area contributed by atoms with Gasteiger partial charge in [-0.15, -0.1) is 0 Å². The molecule has 0 bridgehead atoms. The Bertz CT molecular complexity index is 396. The Labute approximate surface area is 101 Å². The van der Waals surface area contributed by atoms with E-state index in [2.05, 4.69) is 5.32 Å². The molecule has 0 atom stereocenters. The number of rotatable bonds is 3. The second kappa shape index (κ2) is 4.85. The van der Waals surface area contributed by atoms with Gasteiger partial charge in [0.25, 0.3) is 0 Å². The molecule has 0 spiro atoms. The van der Waals surface area contributed by atoms with E-state index in [4.69, 9.17) is 17.3 Å². The molecule has 1 amide bonds. The first-order valence-corrected chi connectivity index (χ1v) is 5.50. The fourth-order valence-electron chi connectivity index (χ4n) is 1.38. The van der Waals surface area contributed by atoms with Gasteiger partial charge in [0.05, 0.1) is 0 Å². The summed E-state index contributed by atoms with van der Waals surface area (Å²) in [6.07, 6.45) is 0.287. The molecule has 88 valence electrons. The zero-order valence-electron chi connectivity index (χ0n) is 9.80. The van der Waals surface area contributed by atoms with Crippen molar-refractivity contribution in [2.75, 3.05) is 5.32 Å². The first-order valence-electron chi connectivity index (χ1n) is 5.13. The molecule has 0 saturated carbocycles. The number of hydrogen-bond donors (Lipinski definition) is 2. The van der Waals surface area contributed by atoms with Crippen LogP contribution in [0.15, 0.2) is 18.2 Å². The topological polar surface area (TPSA) is 55.1 Å². The molecule has 3 N–H and O–H groups in total. The SMILES string of the molecule is Cc1cc(Cl)ccc1NC(=O)CC(C)(C)N. The molecule has 0 saturated heterocycles. The first kappa shape index (κ1) is 13.0. The van der Waals surface area contributed by atoms with Crippen molar-refractivity contribution in [1.82, 2.24) is 0 Å². The van der Waals surface area contributed by atoms with E-state index >= 15 is 0 Å². The first-order chi connectivity index (χ1) is 7.28. The standard InChI is InChI=1S/C12H17ClN2O/c1-8-6-9(13)4-5-10(8)15-11(16)7-12(2,3)14/h4-6H,7,14H2,1-3H3,(H,15,16). The Morgan fingerprint density at radius 1 is 1.50 bits per heavy atom. The lowest BCUT2D eigenvalue weighted by Crippen LogP contribution is -2.36. The molecule has 0 aliphatic heterocycles. The number of aryl methyl sites for hydroxylation is 1. The van der Waals surface area contributed by atoms with Crippen LogP contribution in [0.2, 0.25) is 5.02 Å². The Morgan fingerprint density at radius 3 is 2.62 bits per heavy atom. The number of hydrogen-bond acceptors (Lipinski definition) is 2. The van der Waals surface area contributed by atoms with Gasteiger partial charge in [-0.1, -0.05) is 11.6 Å². The summed E-state index contributed by atoms with van der Waals surface area (Å²) in [4.78, 5) is 11.6.